The lowest BCUT2D eigenvalue weighted by molar-refractivity contribution is 0.513. The normalized spacial score (nSPS) is 15.4. The maximum absolute atomic E-state index is 16.9. The Morgan fingerprint density at radius 3 is 2.12 bits per heavy atom. The van der Waals surface area contributed by atoms with Crippen LogP contribution >= 0.6 is 57.5 Å². The smallest absolute Gasteiger partial charge is 0.454 e. The minimum atomic E-state index is -4.43. The molecule has 0 unspecified atom stereocenters. The lowest BCUT2D eigenvalue weighted by atomic mass is 9.86. The van der Waals surface area contributed by atoms with Gasteiger partial charge in [0.15, 0.2) is 16.9 Å². The van der Waals surface area contributed by atoms with Gasteiger partial charge in [0.1, 0.15) is 21.6 Å². The molecule has 0 N–H and O–H groups in total. The van der Waals surface area contributed by atoms with Gasteiger partial charge in [0, 0.05) is 27.6 Å². The van der Waals surface area contributed by atoms with Crippen LogP contribution in [-0.2, 0) is 0 Å². The van der Waals surface area contributed by atoms with Crippen molar-refractivity contribution in [1.29, 1.82) is 0 Å². The van der Waals surface area contributed by atoms with Gasteiger partial charge in [-0.25, -0.2) is 9.97 Å². The zero-order valence-corrected chi connectivity index (χ0v) is 24.9. The van der Waals surface area contributed by atoms with Crippen LogP contribution in [0.1, 0.15) is 21.0 Å². The Morgan fingerprint density at radius 1 is 0.878 bits per heavy atom. The molecule has 6 aromatic heterocycles. The summed E-state index contributed by atoms with van der Waals surface area (Å²) < 4.78 is 48.0. The number of aromatic nitrogens is 3. The Bertz CT molecular complexity index is 2250. The van der Waals surface area contributed by atoms with E-state index in [-0.39, 0.29) is 43.4 Å². The van der Waals surface area contributed by atoms with E-state index in [0.717, 1.165) is 28.5 Å². The van der Waals surface area contributed by atoms with E-state index in [1.165, 1.54) is 22.7 Å². The third-order valence-electron chi connectivity index (χ3n) is 7.20. The van der Waals surface area contributed by atoms with E-state index in [1.54, 1.807) is 24.3 Å². The van der Waals surface area contributed by atoms with E-state index >= 15 is 8.63 Å². The molecule has 8 rings (SSSR count). The Labute approximate surface area is 253 Å². The molecule has 14 heteroatoms. The first kappa shape index (κ1) is 25.5. The SMILES string of the molecule is Cc1ccc(-c2cc3c(o2)=CC2=C(c4c(Cl)nc(Cl)nc4Cl)c4cc5oc(-c6ccc(C)s6)cc5n4[B-](F)(F)[N+]=32)s1. The van der Waals surface area contributed by atoms with E-state index in [1.807, 2.05) is 38.1 Å². The van der Waals surface area contributed by atoms with Crippen LogP contribution in [0, 0.1) is 13.8 Å². The van der Waals surface area contributed by atoms with Gasteiger partial charge < -0.3 is 26.4 Å². The average molecular weight is 646 g/mol. The first-order valence-corrected chi connectivity index (χ1v) is 15.1. The first-order chi connectivity index (χ1) is 19.6. The van der Waals surface area contributed by atoms with Crippen molar-refractivity contribution in [3.8, 4) is 21.3 Å². The third-order valence-corrected chi connectivity index (χ3v) is 9.94. The van der Waals surface area contributed by atoms with E-state index in [0.29, 0.717) is 28.1 Å². The number of aryl methyl sites for hydroxylation is 2. The highest BCUT2D eigenvalue weighted by Crippen LogP contribution is 2.45. The molecule has 2 aliphatic heterocycles. The van der Waals surface area contributed by atoms with E-state index in [4.69, 9.17) is 43.6 Å². The van der Waals surface area contributed by atoms with Crippen LogP contribution in [0.25, 0.3) is 44.0 Å². The summed E-state index contributed by atoms with van der Waals surface area (Å²) in [4.78, 5) is 12.0. The molecule has 0 fully saturated rings. The van der Waals surface area contributed by atoms with Crippen LogP contribution in [-0.4, -0.2) is 21.4 Å². The van der Waals surface area contributed by atoms with E-state index in [9.17, 15) is 0 Å². The fraction of sp³-hybridized carbons (Fsp3) is 0.0741. The molecule has 204 valence electrons. The topological polar surface area (TPSA) is 60.0 Å². The monoisotopic (exact) mass is 644 g/mol. The van der Waals surface area contributed by atoms with Gasteiger partial charge in [0.05, 0.1) is 38.5 Å². The molecular weight excluding hydrogens is 632 g/mol. The quantitative estimate of drug-likeness (QED) is 0.113. The molecule has 0 radical (unpaired) electrons. The number of furan rings is 2. The molecule has 0 saturated heterocycles. The number of allylic oxidation sites excluding steroid dienone is 1. The highest BCUT2D eigenvalue weighted by atomic mass is 35.5. The molecule has 41 heavy (non-hydrogen) atoms. The number of thiophene rings is 2. The predicted molar refractivity (Wildman–Crippen MR) is 160 cm³/mol. The second kappa shape index (κ2) is 8.65. The van der Waals surface area contributed by atoms with Crippen molar-refractivity contribution in [2.45, 2.75) is 13.8 Å². The maximum atomic E-state index is 16.9. The van der Waals surface area contributed by atoms with Crippen molar-refractivity contribution in [3.05, 3.63) is 95.5 Å². The first-order valence-electron chi connectivity index (χ1n) is 12.3. The largest absolute Gasteiger partial charge is 0.738 e. The Kier molecular flexibility index (Phi) is 5.38. The van der Waals surface area contributed by atoms with Crippen LogP contribution < -0.4 is 15.3 Å². The molecule has 0 aromatic carbocycles. The summed E-state index contributed by atoms with van der Waals surface area (Å²) in [6.45, 7) is -0.484. The number of halogens is 5. The van der Waals surface area contributed by atoms with Gasteiger partial charge in [-0.1, -0.05) is 23.2 Å². The van der Waals surface area contributed by atoms with Gasteiger partial charge in [-0.05, 0) is 49.7 Å². The molecule has 8 heterocycles. The number of nitrogens with zero attached hydrogens (tertiary/aromatic N) is 4. The number of rotatable bonds is 3. The molecule has 6 nitrogen and oxygen atoms in total. The average Bonchev–Trinajstić information content (AvgIpc) is 3.69. The van der Waals surface area contributed by atoms with Crippen LogP contribution in [0.15, 0.2) is 57.0 Å². The van der Waals surface area contributed by atoms with Crippen molar-refractivity contribution in [2.24, 2.45) is 0 Å². The van der Waals surface area contributed by atoms with E-state index < -0.39 is 6.97 Å². The minimum absolute atomic E-state index is 0.0686. The third kappa shape index (κ3) is 3.63. The summed E-state index contributed by atoms with van der Waals surface area (Å²) in [5.74, 6) is 1.01. The van der Waals surface area contributed by atoms with Crippen molar-refractivity contribution < 1.29 is 17.5 Å². The zero-order chi connectivity index (χ0) is 28.4. The van der Waals surface area contributed by atoms with Crippen molar-refractivity contribution in [3.63, 3.8) is 0 Å². The fourth-order valence-corrected chi connectivity index (χ4v) is 8.02. The number of hydrogen-bond acceptors (Lipinski definition) is 6. The van der Waals surface area contributed by atoms with E-state index in [2.05, 4.69) is 9.97 Å². The minimum Gasteiger partial charge on any atom is -0.454 e. The van der Waals surface area contributed by atoms with Gasteiger partial charge in [0.25, 0.3) is 0 Å². The van der Waals surface area contributed by atoms with Crippen molar-refractivity contribution >= 4 is 87.2 Å². The van der Waals surface area contributed by atoms with Gasteiger partial charge >= 0.3 is 6.97 Å². The summed E-state index contributed by atoms with van der Waals surface area (Å²) in [6, 6.07) is 12.6. The van der Waals surface area contributed by atoms with Gasteiger partial charge in [0.2, 0.25) is 10.6 Å². The van der Waals surface area contributed by atoms with Crippen LogP contribution in [0.4, 0.5) is 8.63 Å². The van der Waals surface area contributed by atoms with Crippen LogP contribution in [0.5, 0.6) is 0 Å². The van der Waals surface area contributed by atoms with Gasteiger partial charge in [-0.3, -0.25) is 0 Å². The predicted octanol–water partition coefficient (Wildman–Crippen LogP) is 7.63. The van der Waals surface area contributed by atoms with Gasteiger partial charge in [-0.15, -0.1) is 22.7 Å². The number of hydrogen-bond donors (Lipinski definition) is 0. The van der Waals surface area contributed by atoms with Crippen molar-refractivity contribution in [1.82, 2.24) is 18.9 Å². The van der Waals surface area contributed by atoms with Crippen LogP contribution in [0.2, 0.25) is 15.6 Å². The number of fused-ring (bicyclic) bond motifs is 5. The highest BCUT2D eigenvalue weighted by Gasteiger charge is 2.55. The molecule has 0 amide bonds. The second-order valence-corrected chi connectivity index (χ2v) is 13.4. The molecule has 6 aromatic rings. The summed E-state index contributed by atoms with van der Waals surface area (Å²) >= 11 is 22.1. The summed E-state index contributed by atoms with van der Waals surface area (Å²) in [7, 11) is 0. The van der Waals surface area contributed by atoms with Gasteiger partial charge in [-0.2, -0.15) is 0 Å². The molecule has 0 atom stereocenters. The molecular formula is C27H14BCl3F2N4O2S2. The molecule has 0 bridgehead atoms. The zero-order valence-electron chi connectivity index (χ0n) is 21.0. The Balaban J connectivity index is 1.46. The summed E-state index contributed by atoms with van der Waals surface area (Å²) in [5.41, 5.74) is 1.63. The second-order valence-electron chi connectivity index (χ2n) is 9.75. The van der Waals surface area contributed by atoms with Crippen LogP contribution in [0.3, 0.4) is 0 Å². The molecule has 2 aliphatic rings. The summed E-state index contributed by atoms with van der Waals surface area (Å²) in [6.07, 6.45) is 1.57. The maximum Gasteiger partial charge on any atom is 0.738 e. The lowest BCUT2D eigenvalue weighted by Gasteiger charge is -2.31. The molecule has 0 spiro atoms. The molecule has 0 saturated carbocycles. The highest BCUT2D eigenvalue weighted by molar-refractivity contribution is 7.15. The lowest BCUT2D eigenvalue weighted by Crippen LogP contribution is -2.56. The fourth-order valence-electron chi connectivity index (χ4n) is 5.55. The van der Waals surface area contributed by atoms with Crippen molar-refractivity contribution in [2.75, 3.05) is 0 Å². The Morgan fingerprint density at radius 2 is 1.51 bits per heavy atom. The standard InChI is InChI=1S/C27H14BCl3F2N4O2S2/c1-11-3-5-21(40-11)19-7-13-17(38-19)9-15-23(24-25(29)34-27(31)35-26(24)30)16-10-18-14(37(16)28(32,33)36(13)15)8-20(39-18)22-6-4-12(2)41-22/h3-10H,1-2H3. The Hall–Kier alpha value is -3.22. The summed E-state index contributed by atoms with van der Waals surface area (Å²) in [5, 5.41) is -0.0625. The molecule has 0 aliphatic carbocycles.